The highest BCUT2D eigenvalue weighted by molar-refractivity contribution is 9.11. The Balaban J connectivity index is 2.72. The molecule has 0 amide bonds. The summed E-state index contributed by atoms with van der Waals surface area (Å²) in [5, 5.41) is 12.4. The monoisotopic (exact) mass is 407 g/mol. The number of nitrogens with zero attached hydrogens (tertiary/aromatic N) is 2. The first kappa shape index (κ1) is 17.6. The van der Waals surface area contributed by atoms with E-state index < -0.39 is 12.0 Å². The van der Waals surface area contributed by atoms with Gasteiger partial charge in [0.15, 0.2) is 0 Å². The Labute approximate surface area is 136 Å². The second-order valence-electron chi connectivity index (χ2n) is 4.27. The number of carboxylic acid groups (broad SMARTS) is 1. The van der Waals surface area contributed by atoms with Gasteiger partial charge in [0.05, 0.1) is 5.69 Å². The number of hydrogen-bond acceptors (Lipinski definition) is 4. The molecule has 7 heteroatoms. The molecule has 0 bridgehead atoms. The Bertz CT molecular complexity index is 453. The normalized spacial score (nSPS) is 12.7. The Morgan fingerprint density at radius 2 is 2.10 bits per heavy atom. The van der Waals surface area contributed by atoms with Crippen LogP contribution in [0, 0.1) is 0 Å². The zero-order valence-electron chi connectivity index (χ0n) is 11.6. The molecule has 0 saturated carbocycles. The highest BCUT2D eigenvalue weighted by Gasteiger charge is 2.23. The first-order valence-corrected chi connectivity index (χ1v) is 8.07. The van der Waals surface area contributed by atoms with Gasteiger partial charge in [-0.2, -0.15) is 0 Å². The number of aliphatic carboxylic acids is 1. The molecule has 1 rings (SSSR count). The molecule has 0 radical (unpaired) electrons. The molecule has 0 aromatic carbocycles. The van der Waals surface area contributed by atoms with Gasteiger partial charge in [-0.25, -0.2) is 0 Å². The lowest BCUT2D eigenvalue weighted by molar-refractivity contribution is -0.139. The number of halogens is 2. The van der Waals surface area contributed by atoms with Gasteiger partial charge in [0, 0.05) is 28.2 Å². The van der Waals surface area contributed by atoms with Crippen molar-refractivity contribution < 1.29 is 9.90 Å². The molecule has 1 aromatic rings. The largest absolute Gasteiger partial charge is 0.480 e. The standard InChI is InChI=1S/C13H19Br2N3O2/c1-3-18(4-2)6-5-16-12(13(19)20)11-10(15)7-9(14)8-17-11/h7-8,12,16H,3-6H2,1-2H3,(H,19,20). The van der Waals surface area contributed by atoms with E-state index in [1.807, 2.05) is 0 Å². The summed E-state index contributed by atoms with van der Waals surface area (Å²) >= 11 is 6.66. The number of rotatable bonds is 8. The molecular weight excluding hydrogens is 390 g/mol. The van der Waals surface area contributed by atoms with Crippen LogP contribution in [-0.4, -0.2) is 47.1 Å². The lowest BCUT2D eigenvalue weighted by Crippen LogP contribution is -2.36. The third kappa shape index (κ3) is 5.12. The number of carbonyl (C=O) groups is 1. The fourth-order valence-electron chi connectivity index (χ4n) is 1.85. The van der Waals surface area contributed by atoms with Gasteiger partial charge in [-0.05, 0) is 51.0 Å². The van der Waals surface area contributed by atoms with Gasteiger partial charge in [-0.3, -0.25) is 15.1 Å². The molecular formula is C13H19Br2N3O2. The number of likely N-dealkylation sites (N-methyl/N-ethyl adjacent to an activating group) is 1. The Hall–Kier alpha value is -0.500. The van der Waals surface area contributed by atoms with Crippen LogP contribution in [0.5, 0.6) is 0 Å². The third-order valence-electron chi connectivity index (χ3n) is 3.03. The summed E-state index contributed by atoms with van der Waals surface area (Å²) in [6.07, 6.45) is 1.60. The molecule has 0 aliphatic heterocycles. The van der Waals surface area contributed by atoms with E-state index in [9.17, 15) is 9.90 Å². The zero-order valence-corrected chi connectivity index (χ0v) is 14.7. The molecule has 112 valence electrons. The number of carboxylic acids is 1. The van der Waals surface area contributed by atoms with E-state index in [0.717, 1.165) is 24.1 Å². The fourth-order valence-corrected chi connectivity index (χ4v) is 3.06. The number of hydrogen-bond donors (Lipinski definition) is 2. The van der Waals surface area contributed by atoms with E-state index in [1.54, 1.807) is 12.3 Å². The van der Waals surface area contributed by atoms with Gasteiger partial charge in [0.1, 0.15) is 6.04 Å². The lowest BCUT2D eigenvalue weighted by Gasteiger charge is -2.20. The maximum Gasteiger partial charge on any atom is 0.327 e. The minimum atomic E-state index is -0.930. The molecule has 2 N–H and O–H groups in total. The van der Waals surface area contributed by atoms with Crippen molar-refractivity contribution in [3.63, 3.8) is 0 Å². The van der Waals surface area contributed by atoms with Gasteiger partial charge in [0.25, 0.3) is 0 Å². The Morgan fingerprint density at radius 1 is 1.45 bits per heavy atom. The second-order valence-corrected chi connectivity index (χ2v) is 6.04. The number of pyridine rings is 1. The Kier molecular flexibility index (Phi) is 7.65. The van der Waals surface area contributed by atoms with E-state index in [0.29, 0.717) is 16.7 Å². The molecule has 20 heavy (non-hydrogen) atoms. The van der Waals surface area contributed by atoms with Gasteiger partial charge in [-0.15, -0.1) is 0 Å². The van der Waals surface area contributed by atoms with Gasteiger partial charge in [0.2, 0.25) is 0 Å². The minimum Gasteiger partial charge on any atom is -0.480 e. The molecule has 1 unspecified atom stereocenters. The van der Waals surface area contributed by atoms with Crippen LogP contribution >= 0.6 is 31.9 Å². The van der Waals surface area contributed by atoms with Crippen molar-refractivity contribution in [2.24, 2.45) is 0 Å². The minimum absolute atomic E-state index is 0.486. The molecule has 0 aliphatic carbocycles. The van der Waals surface area contributed by atoms with E-state index in [4.69, 9.17) is 0 Å². The average Bonchev–Trinajstić information content (AvgIpc) is 2.40. The van der Waals surface area contributed by atoms with Gasteiger partial charge >= 0.3 is 5.97 Å². The van der Waals surface area contributed by atoms with Crippen LogP contribution in [0.4, 0.5) is 0 Å². The second kappa shape index (κ2) is 8.71. The average molecular weight is 409 g/mol. The Morgan fingerprint density at radius 3 is 2.60 bits per heavy atom. The van der Waals surface area contributed by atoms with Crippen molar-refractivity contribution in [2.45, 2.75) is 19.9 Å². The molecule has 5 nitrogen and oxygen atoms in total. The van der Waals surface area contributed by atoms with E-state index in [1.165, 1.54) is 0 Å². The van der Waals surface area contributed by atoms with Crippen molar-refractivity contribution in [2.75, 3.05) is 26.2 Å². The van der Waals surface area contributed by atoms with Crippen LogP contribution in [0.3, 0.4) is 0 Å². The van der Waals surface area contributed by atoms with Crippen LogP contribution in [0.1, 0.15) is 25.6 Å². The fraction of sp³-hybridized carbons (Fsp3) is 0.538. The predicted octanol–water partition coefficient (Wildman–Crippen LogP) is 2.66. The molecule has 1 heterocycles. The van der Waals surface area contributed by atoms with Crippen molar-refractivity contribution in [3.8, 4) is 0 Å². The maximum absolute atomic E-state index is 11.4. The topological polar surface area (TPSA) is 65.5 Å². The first-order chi connectivity index (χ1) is 9.49. The quantitative estimate of drug-likeness (QED) is 0.692. The SMILES string of the molecule is CCN(CC)CCNC(C(=O)O)c1ncc(Br)cc1Br. The summed E-state index contributed by atoms with van der Waals surface area (Å²) in [5.41, 5.74) is 0.486. The third-order valence-corrected chi connectivity index (χ3v) is 4.10. The summed E-state index contributed by atoms with van der Waals surface area (Å²) in [4.78, 5) is 17.8. The molecule has 0 fully saturated rings. The van der Waals surface area contributed by atoms with Gasteiger partial charge in [-0.1, -0.05) is 13.8 Å². The number of aromatic nitrogens is 1. The zero-order chi connectivity index (χ0) is 15.1. The highest BCUT2D eigenvalue weighted by Crippen LogP contribution is 2.24. The smallest absolute Gasteiger partial charge is 0.327 e. The van der Waals surface area contributed by atoms with Crippen LogP contribution in [0.25, 0.3) is 0 Å². The summed E-state index contributed by atoms with van der Waals surface area (Å²) < 4.78 is 1.48. The van der Waals surface area contributed by atoms with Crippen molar-refractivity contribution in [1.29, 1.82) is 0 Å². The van der Waals surface area contributed by atoms with E-state index in [2.05, 4.69) is 60.9 Å². The maximum atomic E-state index is 11.4. The molecule has 0 aliphatic rings. The summed E-state index contributed by atoms with van der Waals surface area (Å²) in [6, 6.07) is 0.984. The number of nitrogens with one attached hydrogen (secondary N) is 1. The van der Waals surface area contributed by atoms with Crippen LogP contribution < -0.4 is 5.32 Å². The molecule has 0 saturated heterocycles. The van der Waals surface area contributed by atoms with E-state index >= 15 is 0 Å². The summed E-state index contributed by atoms with van der Waals surface area (Å²) in [6.45, 7) is 7.50. The highest BCUT2D eigenvalue weighted by atomic mass is 79.9. The predicted molar refractivity (Wildman–Crippen MR) is 85.8 cm³/mol. The summed E-state index contributed by atoms with van der Waals surface area (Å²) in [7, 11) is 0. The van der Waals surface area contributed by atoms with Crippen LogP contribution in [0.15, 0.2) is 21.2 Å². The van der Waals surface area contributed by atoms with Crippen LogP contribution in [-0.2, 0) is 4.79 Å². The van der Waals surface area contributed by atoms with Crippen molar-refractivity contribution in [1.82, 2.24) is 15.2 Å². The van der Waals surface area contributed by atoms with Crippen LogP contribution in [0.2, 0.25) is 0 Å². The van der Waals surface area contributed by atoms with Gasteiger partial charge < -0.3 is 10.0 Å². The summed E-state index contributed by atoms with van der Waals surface area (Å²) in [5.74, 6) is -0.930. The van der Waals surface area contributed by atoms with E-state index in [-0.39, 0.29) is 0 Å². The molecule has 1 atom stereocenters. The van der Waals surface area contributed by atoms with Crippen molar-refractivity contribution >= 4 is 37.8 Å². The molecule has 1 aromatic heterocycles. The molecule has 0 spiro atoms. The first-order valence-electron chi connectivity index (χ1n) is 6.49. The lowest BCUT2D eigenvalue weighted by atomic mass is 10.2. The van der Waals surface area contributed by atoms with Crippen molar-refractivity contribution in [3.05, 3.63) is 26.9 Å².